The van der Waals surface area contributed by atoms with Gasteiger partial charge in [-0.15, -0.1) is 0 Å². The molecule has 0 saturated heterocycles. The van der Waals surface area contributed by atoms with Gasteiger partial charge in [0.1, 0.15) is 58.6 Å². The molecule has 620 valence electrons. The number of ether oxygens (including phenoxy) is 4. The molecule has 0 spiro atoms. The van der Waals surface area contributed by atoms with Gasteiger partial charge in [0.15, 0.2) is 6.10 Å². The predicted octanol–water partition coefficient (Wildman–Crippen LogP) is 10.0. The topological polar surface area (TPSA) is 499 Å². The van der Waals surface area contributed by atoms with Gasteiger partial charge in [0.25, 0.3) is 5.91 Å². The maximum Gasteiger partial charge on any atom is 0.408 e. The summed E-state index contributed by atoms with van der Waals surface area (Å²) in [5, 5.41) is 73.4. The van der Waals surface area contributed by atoms with Crippen LogP contribution < -0.4 is 43.9 Å². The molecule has 0 aliphatic carbocycles. The molecule has 7 amide bonds. The Balaban J connectivity index is -0.000000176. The van der Waals surface area contributed by atoms with Gasteiger partial charge in [-0.2, -0.15) is 10.5 Å². The van der Waals surface area contributed by atoms with E-state index >= 15 is 0 Å². The molecular formula is C74H149N11O20. The molecule has 0 saturated carbocycles. The van der Waals surface area contributed by atoms with E-state index in [2.05, 4.69) is 52.4 Å². The molecule has 0 rings (SSSR count). The summed E-state index contributed by atoms with van der Waals surface area (Å²) in [6.07, 6.45) is -1.94. The minimum atomic E-state index is -1.24. The Morgan fingerprint density at radius 2 is 0.771 bits per heavy atom. The number of alkyl carbamates (subject to hydrolysis) is 4. The van der Waals surface area contributed by atoms with Crippen molar-refractivity contribution in [3.05, 3.63) is 0 Å². The molecule has 0 heterocycles. The van der Waals surface area contributed by atoms with Crippen molar-refractivity contribution in [2.24, 2.45) is 55.6 Å². The molecule has 0 fully saturated rings. The molecular weight excluding hydrogens is 1360 g/mol. The summed E-state index contributed by atoms with van der Waals surface area (Å²) in [4.78, 5) is 111. The maximum atomic E-state index is 12.2. The van der Waals surface area contributed by atoms with Crippen LogP contribution in [0.15, 0.2) is 0 Å². The first-order chi connectivity index (χ1) is 46.2. The number of nitrogens with one attached hydrogen (secondary N) is 5. The van der Waals surface area contributed by atoms with Crippen molar-refractivity contribution >= 4 is 54.3 Å². The summed E-state index contributed by atoms with van der Waals surface area (Å²) in [5.41, 5.74) is 14.0. The molecule has 0 aliphatic heterocycles. The van der Waals surface area contributed by atoms with Gasteiger partial charge < -0.3 is 92.6 Å². The van der Waals surface area contributed by atoms with Crippen molar-refractivity contribution < 1.29 is 97.3 Å². The highest BCUT2D eigenvalue weighted by Crippen LogP contribution is 2.28. The zero-order chi connectivity index (χ0) is 86.0. The molecule has 31 nitrogen and oxygen atoms in total. The number of hydrogen-bond acceptors (Lipinski definition) is 23. The summed E-state index contributed by atoms with van der Waals surface area (Å²) in [7, 11) is 6.19. The molecule has 16 N–H and O–H groups in total. The first-order valence-electron chi connectivity index (χ1n) is 34.8. The fourth-order valence-corrected chi connectivity index (χ4v) is 7.92. The number of rotatable bonds is 20. The van der Waals surface area contributed by atoms with E-state index in [1.54, 1.807) is 109 Å². The lowest BCUT2D eigenvalue weighted by Gasteiger charge is -2.29. The minimum absolute atomic E-state index is 0.00412. The Bertz CT molecular complexity index is 2550. The Hall–Kier alpha value is -6.71. The molecule has 31 heteroatoms. The number of aldehydes is 1. The number of carboxylic acids is 1. The zero-order valence-electron chi connectivity index (χ0n) is 71.4. The van der Waals surface area contributed by atoms with E-state index in [4.69, 9.17) is 66.8 Å². The summed E-state index contributed by atoms with van der Waals surface area (Å²) < 4.78 is 20.4. The number of aliphatic hydroxyl groups excluding tert-OH is 3. The van der Waals surface area contributed by atoms with Crippen LogP contribution in [0.25, 0.3) is 0 Å². The normalized spacial score (nSPS) is 14.4. The number of aliphatic carboxylic acids is 1. The second-order valence-electron chi connectivity index (χ2n) is 37.0. The van der Waals surface area contributed by atoms with Crippen LogP contribution in [0.5, 0.6) is 0 Å². The third-order valence-electron chi connectivity index (χ3n) is 11.7. The summed E-state index contributed by atoms with van der Waals surface area (Å²) in [6.45, 7) is 61.7. The molecule has 0 aromatic carbocycles. The van der Waals surface area contributed by atoms with Crippen LogP contribution in [0.3, 0.4) is 0 Å². The molecule has 0 bridgehead atoms. The Labute approximate surface area is 631 Å². The van der Waals surface area contributed by atoms with Gasteiger partial charge in [-0.3, -0.25) is 19.2 Å². The molecule has 0 radical (unpaired) electrons. The molecule has 0 aromatic heterocycles. The highest BCUT2D eigenvalue weighted by Gasteiger charge is 2.34. The number of carboxylic acid groups (broad SMARTS) is 1. The minimum Gasteiger partial charge on any atom is -0.480 e. The van der Waals surface area contributed by atoms with Crippen LogP contribution in [0.1, 0.15) is 267 Å². The maximum absolute atomic E-state index is 12.2. The Morgan fingerprint density at radius 3 is 1.01 bits per heavy atom. The van der Waals surface area contributed by atoms with Crippen LogP contribution in [-0.4, -0.2) is 190 Å². The SMILES string of the molecule is CC(C)(C)C[C@@H](C=O)NC(=O)OC(C)(C)C.CC(C)(C)C[C@H](N)C(O)C(N)=O.CC(C)(C)C[C@H](NC(=O)OC(C)(C)C)C(=O)O.CC(C)(C)C[C@H](NC(=O)OC(C)(C)C)C(O)C#N.CC(C)(O)C#N.CNOC.CON(C)C(=O)[C@H](CC(C)(C)C)NC(=O)OC(C)(C)C.C[C@@H](CC(C)(C)C)C(O)C(N)=O. The number of amides is 7. The molecule has 105 heavy (non-hydrogen) atoms. The average Bonchev–Trinajstić information content (AvgIpc) is 0.890. The number of carbonyl (C=O) groups excluding carboxylic acids is 8. The van der Waals surface area contributed by atoms with E-state index in [9.17, 15) is 53.4 Å². The molecule has 3 unspecified atom stereocenters. The smallest absolute Gasteiger partial charge is 0.408 e. The van der Waals surface area contributed by atoms with E-state index in [1.165, 1.54) is 28.0 Å². The fraction of sp³-hybridized carbons (Fsp3) is 0.851. The number of aliphatic hydroxyl groups is 4. The first kappa shape index (κ1) is 114. The number of nitriles is 2. The van der Waals surface area contributed by atoms with E-state index in [0.717, 1.165) is 17.8 Å². The third kappa shape index (κ3) is 86.1. The van der Waals surface area contributed by atoms with Crippen LogP contribution in [-0.2, 0) is 52.6 Å². The number of nitrogens with zero attached hydrogens (tertiary/aromatic N) is 3. The lowest BCUT2D eigenvalue weighted by molar-refractivity contribution is -0.171. The van der Waals surface area contributed by atoms with Crippen LogP contribution >= 0.6 is 0 Å². The molecule has 0 aromatic rings. The monoisotopic (exact) mass is 1510 g/mol. The van der Waals surface area contributed by atoms with E-state index in [1.807, 2.05) is 111 Å². The second kappa shape index (κ2) is 50.8. The van der Waals surface area contributed by atoms with Crippen LogP contribution in [0.4, 0.5) is 19.2 Å². The van der Waals surface area contributed by atoms with Gasteiger partial charge >= 0.3 is 30.3 Å². The van der Waals surface area contributed by atoms with Crippen molar-refractivity contribution in [2.75, 3.05) is 28.3 Å². The summed E-state index contributed by atoms with van der Waals surface area (Å²) >= 11 is 0. The van der Waals surface area contributed by atoms with Gasteiger partial charge in [-0.25, -0.2) is 34.5 Å². The molecule has 0 aliphatic rings. The van der Waals surface area contributed by atoms with Crippen LogP contribution in [0, 0.1) is 61.1 Å². The van der Waals surface area contributed by atoms with E-state index < -0.39 is 119 Å². The largest absolute Gasteiger partial charge is 0.480 e. The van der Waals surface area contributed by atoms with Gasteiger partial charge in [0.05, 0.1) is 38.4 Å². The Kier molecular flexibility index (Phi) is 55.2. The number of nitrogens with two attached hydrogens (primary N) is 3. The summed E-state index contributed by atoms with van der Waals surface area (Å²) in [5.74, 6) is -2.82. The lowest BCUT2D eigenvalue weighted by atomic mass is 9.83. The Morgan fingerprint density at radius 1 is 0.486 bits per heavy atom. The second-order valence-corrected chi connectivity index (χ2v) is 37.0. The standard InChI is InChI=1S/C14H28N2O4.C13H24N2O3.C12H23NO4.C12H23NO3.C9H19NO2.C8H18N2O2.C4H7NO.C2H7NO/c1-13(2,3)9-10(11(17)16(7)19-8)15-12(18)20-14(4,5)6;1-12(2,3)7-9(10(16)8-14)15-11(17)18-13(4,5)6;1-11(2,3)7-8(9(14)15)13-10(16)17-12(4,5)6;1-11(2,3)7-9(8-14)13-10(15)16-12(4,5)6;1-6(5-9(2,3)4)7(11)8(10)12;1-8(2,3)4-5(9)6(11)7(10)12;1-4(2,6)3-5;1-3-4-2/h10H,9H2,1-8H3,(H,15,18);9-10,16H,7H2,1-6H3,(H,15,17);8H,7H2,1-6H3,(H,13,16)(H,14,15);8-9H,7H2,1-6H3,(H,13,15);6-7,11H,5H2,1-4H3,(H2,10,12);5-6,11H,4,9H2,1-3H3,(H2,10,12);6H,1-2H3;3H,1-2H3/t10-;9-,10?;8-;9-;6-,7?;5-,6?;;/m000000../s1. The number of hydroxylamine groups is 3. The van der Waals surface area contributed by atoms with Crippen molar-refractivity contribution in [3.8, 4) is 12.1 Å². The van der Waals surface area contributed by atoms with Crippen molar-refractivity contribution in [3.63, 3.8) is 0 Å². The van der Waals surface area contributed by atoms with Crippen LogP contribution in [0.2, 0.25) is 0 Å². The van der Waals surface area contributed by atoms with Gasteiger partial charge in [-0.05, 0) is 174 Å². The van der Waals surface area contributed by atoms with Crippen molar-refractivity contribution in [1.29, 1.82) is 10.5 Å². The van der Waals surface area contributed by atoms with Gasteiger partial charge in [0.2, 0.25) is 11.8 Å². The van der Waals surface area contributed by atoms with Gasteiger partial charge in [0, 0.05) is 20.1 Å². The third-order valence-corrected chi connectivity index (χ3v) is 11.7. The first-order valence-corrected chi connectivity index (χ1v) is 34.8. The quantitative estimate of drug-likeness (QED) is 0.0233. The zero-order valence-corrected chi connectivity index (χ0v) is 71.4. The fourth-order valence-electron chi connectivity index (χ4n) is 7.92. The predicted molar refractivity (Wildman–Crippen MR) is 408 cm³/mol. The molecule has 9 atom stereocenters. The summed E-state index contributed by atoms with van der Waals surface area (Å²) in [6, 6.07) is 0.0970. The number of likely N-dealkylation sites (N-methyl/N-ethyl adjacent to an activating group) is 1. The highest BCUT2D eigenvalue weighted by atomic mass is 16.7. The number of hydrogen-bond donors (Lipinski definition) is 13. The number of primary amides is 2. The number of carbonyl (C=O) groups is 9. The lowest BCUT2D eigenvalue weighted by Crippen LogP contribution is -2.49. The highest BCUT2D eigenvalue weighted by molar-refractivity contribution is 5.85. The van der Waals surface area contributed by atoms with Gasteiger partial charge in [-0.1, -0.05) is 132 Å². The van der Waals surface area contributed by atoms with Crippen molar-refractivity contribution in [2.45, 2.75) is 344 Å². The van der Waals surface area contributed by atoms with E-state index in [0.29, 0.717) is 32.1 Å². The average molecular weight is 1510 g/mol. The van der Waals surface area contributed by atoms with Crippen molar-refractivity contribution in [1.82, 2.24) is 31.8 Å². The van der Waals surface area contributed by atoms with E-state index in [-0.39, 0.29) is 44.3 Å².